The van der Waals surface area contributed by atoms with Gasteiger partial charge in [0.05, 0.1) is 18.9 Å². The van der Waals surface area contributed by atoms with Gasteiger partial charge in [0.15, 0.2) is 5.96 Å². The number of nitrogens with one attached hydrogen (secondary N) is 3. The molecule has 12 nitrogen and oxygen atoms in total. The zero-order valence-electron chi connectivity index (χ0n) is 22.4. The molecule has 0 saturated carbocycles. The standard InChI is InChI=1S/C27H36N6O6S/c1-39-20-12-13-23-19(15-20)9-5-10-22(31-40(37,38)17-18-7-3-2-4-8-18)26(36)33(23)16-24(34)30-21-11-6-14-32(25(21)35)27(28)29/h2-4,7-8,12-13,15,21-22,25,31,35H,5-6,9-11,14,16-17H2,1H3,(H3,28,29)(H,30,34)/t21-,22+,25?/m1/s1. The third kappa shape index (κ3) is 7.09. The Balaban J connectivity index is 1.57. The van der Waals surface area contributed by atoms with Crippen molar-refractivity contribution in [3.8, 4) is 5.75 Å². The normalized spacial score (nSPS) is 21.6. The van der Waals surface area contributed by atoms with E-state index in [1.807, 2.05) is 6.07 Å². The molecular weight excluding hydrogens is 536 g/mol. The molecule has 6 N–H and O–H groups in total. The number of aliphatic hydroxyl groups excluding tert-OH is 1. The highest BCUT2D eigenvalue weighted by Crippen LogP contribution is 2.30. The van der Waals surface area contributed by atoms with E-state index in [4.69, 9.17) is 15.9 Å². The number of carbonyl (C=O) groups is 2. The topological polar surface area (TPSA) is 178 Å². The van der Waals surface area contributed by atoms with E-state index >= 15 is 0 Å². The minimum Gasteiger partial charge on any atom is -0.497 e. The number of rotatable bonds is 8. The number of likely N-dealkylation sites (tertiary alicyclic amines) is 1. The first-order chi connectivity index (χ1) is 19.1. The third-order valence-electron chi connectivity index (χ3n) is 7.15. The van der Waals surface area contributed by atoms with Crippen LogP contribution in [0, 0.1) is 5.41 Å². The maximum atomic E-state index is 13.9. The molecule has 3 atom stereocenters. The van der Waals surface area contributed by atoms with Gasteiger partial charge in [-0.15, -0.1) is 0 Å². The molecule has 2 heterocycles. The van der Waals surface area contributed by atoms with Crippen LogP contribution in [0.1, 0.15) is 36.8 Å². The summed E-state index contributed by atoms with van der Waals surface area (Å²) in [6, 6.07) is 12.1. The summed E-state index contributed by atoms with van der Waals surface area (Å²) >= 11 is 0. The van der Waals surface area contributed by atoms with Gasteiger partial charge in [0, 0.05) is 12.2 Å². The largest absolute Gasteiger partial charge is 0.497 e. The number of fused-ring (bicyclic) bond motifs is 1. The Bertz CT molecular complexity index is 1340. The van der Waals surface area contributed by atoms with Crippen LogP contribution in [0.5, 0.6) is 5.75 Å². The number of ether oxygens (including phenoxy) is 1. The maximum Gasteiger partial charge on any atom is 0.245 e. The summed E-state index contributed by atoms with van der Waals surface area (Å²) in [5.74, 6) is -1.05. The van der Waals surface area contributed by atoms with Gasteiger partial charge >= 0.3 is 0 Å². The van der Waals surface area contributed by atoms with E-state index in [0.29, 0.717) is 49.2 Å². The Morgan fingerprint density at radius 3 is 2.62 bits per heavy atom. The molecule has 2 amide bonds. The SMILES string of the molecule is COc1ccc2c(c1)CCC[C@H](NS(=O)(=O)Cc1ccccc1)C(=O)N2CC(=O)N[C@@H]1CCCN(C(=N)N)C1O. The molecule has 216 valence electrons. The summed E-state index contributed by atoms with van der Waals surface area (Å²) in [7, 11) is -2.33. The minimum absolute atomic E-state index is 0.247. The first-order valence-corrected chi connectivity index (χ1v) is 14.8. The molecule has 0 spiro atoms. The van der Waals surface area contributed by atoms with Crippen LogP contribution in [0.2, 0.25) is 0 Å². The van der Waals surface area contributed by atoms with Gasteiger partial charge in [0.1, 0.15) is 24.6 Å². The lowest BCUT2D eigenvalue weighted by Gasteiger charge is -2.39. The number of amides is 2. The van der Waals surface area contributed by atoms with Crippen molar-refractivity contribution in [2.24, 2.45) is 5.73 Å². The smallest absolute Gasteiger partial charge is 0.245 e. The van der Waals surface area contributed by atoms with Crippen molar-refractivity contribution in [2.75, 3.05) is 25.1 Å². The van der Waals surface area contributed by atoms with E-state index in [0.717, 1.165) is 5.56 Å². The number of sulfonamides is 1. The van der Waals surface area contributed by atoms with Crippen molar-refractivity contribution in [1.82, 2.24) is 14.9 Å². The van der Waals surface area contributed by atoms with Crippen molar-refractivity contribution in [3.63, 3.8) is 0 Å². The van der Waals surface area contributed by atoms with Gasteiger partial charge in [0.2, 0.25) is 21.8 Å². The third-order valence-corrected chi connectivity index (χ3v) is 8.51. The zero-order valence-corrected chi connectivity index (χ0v) is 23.2. The fourth-order valence-electron chi connectivity index (χ4n) is 5.19. The summed E-state index contributed by atoms with van der Waals surface area (Å²) in [6.45, 7) is 0.00581. The van der Waals surface area contributed by atoms with Gasteiger partial charge < -0.3 is 30.7 Å². The monoisotopic (exact) mass is 572 g/mol. The van der Waals surface area contributed by atoms with Crippen molar-refractivity contribution in [3.05, 3.63) is 59.7 Å². The number of aliphatic hydroxyl groups is 1. The Hall–Kier alpha value is -3.68. The number of carbonyl (C=O) groups excluding carboxylic acids is 2. The Morgan fingerprint density at radius 1 is 1.18 bits per heavy atom. The van der Waals surface area contributed by atoms with Gasteiger partial charge in [-0.3, -0.25) is 15.0 Å². The van der Waals surface area contributed by atoms with Crippen molar-refractivity contribution >= 4 is 33.5 Å². The second kappa shape index (κ2) is 12.7. The van der Waals surface area contributed by atoms with Crippen molar-refractivity contribution < 1.29 is 27.9 Å². The molecule has 2 aliphatic rings. The molecule has 13 heteroatoms. The van der Waals surface area contributed by atoms with E-state index in [9.17, 15) is 23.1 Å². The Labute approximate surface area is 234 Å². The molecule has 2 aliphatic heterocycles. The summed E-state index contributed by atoms with van der Waals surface area (Å²) < 4.78 is 33.9. The number of methoxy groups -OCH3 is 1. The molecule has 4 rings (SSSR count). The molecule has 0 aromatic heterocycles. The second-order valence-electron chi connectivity index (χ2n) is 10.0. The number of nitrogens with two attached hydrogens (primary N) is 1. The molecule has 0 aliphatic carbocycles. The van der Waals surface area contributed by atoms with Crippen LogP contribution in [-0.2, 0) is 31.8 Å². The van der Waals surface area contributed by atoms with Gasteiger partial charge in [-0.05, 0) is 61.4 Å². The highest BCUT2D eigenvalue weighted by molar-refractivity contribution is 7.88. The summed E-state index contributed by atoms with van der Waals surface area (Å²) in [5.41, 5.74) is 7.44. The van der Waals surface area contributed by atoms with Crippen LogP contribution in [0.4, 0.5) is 5.69 Å². The lowest BCUT2D eigenvalue weighted by atomic mass is 9.98. The first-order valence-electron chi connectivity index (χ1n) is 13.2. The zero-order chi connectivity index (χ0) is 28.9. The maximum absolute atomic E-state index is 13.9. The quantitative estimate of drug-likeness (QED) is 0.226. The lowest BCUT2D eigenvalue weighted by molar-refractivity contribution is -0.126. The highest BCUT2D eigenvalue weighted by Gasteiger charge is 2.35. The van der Waals surface area contributed by atoms with E-state index in [2.05, 4.69) is 10.0 Å². The minimum atomic E-state index is -3.87. The molecule has 0 radical (unpaired) electrons. The van der Waals surface area contributed by atoms with Gasteiger partial charge in [0.25, 0.3) is 0 Å². The molecule has 1 unspecified atom stereocenters. The predicted molar refractivity (Wildman–Crippen MR) is 150 cm³/mol. The molecular formula is C27H36N6O6S. The number of piperidine rings is 1. The molecule has 2 aromatic carbocycles. The van der Waals surface area contributed by atoms with Crippen molar-refractivity contribution in [1.29, 1.82) is 5.41 Å². The van der Waals surface area contributed by atoms with E-state index in [1.165, 1.54) is 9.80 Å². The fourth-order valence-corrected chi connectivity index (χ4v) is 6.56. The Kier molecular flexibility index (Phi) is 9.28. The Morgan fingerprint density at radius 2 is 1.93 bits per heavy atom. The van der Waals surface area contributed by atoms with Gasteiger partial charge in [-0.25, -0.2) is 13.1 Å². The molecule has 1 saturated heterocycles. The van der Waals surface area contributed by atoms with Gasteiger partial charge in [-0.2, -0.15) is 0 Å². The number of guanidine groups is 1. The molecule has 1 fully saturated rings. The van der Waals surface area contributed by atoms with Crippen LogP contribution in [-0.4, -0.2) is 74.7 Å². The fraction of sp³-hybridized carbons (Fsp3) is 0.444. The number of anilines is 1. The first kappa shape index (κ1) is 29.3. The molecule has 0 bridgehead atoms. The highest BCUT2D eigenvalue weighted by atomic mass is 32.2. The van der Waals surface area contributed by atoms with E-state index in [-0.39, 0.29) is 18.1 Å². The number of benzene rings is 2. The van der Waals surface area contributed by atoms with E-state index < -0.39 is 46.7 Å². The number of aryl methyl sites for hydroxylation is 1. The number of hydrogen-bond donors (Lipinski definition) is 5. The average molecular weight is 573 g/mol. The van der Waals surface area contributed by atoms with Crippen LogP contribution in [0.25, 0.3) is 0 Å². The van der Waals surface area contributed by atoms with Crippen LogP contribution < -0.4 is 25.4 Å². The lowest BCUT2D eigenvalue weighted by Crippen LogP contribution is -2.60. The van der Waals surface area contributed by atoms with Crippen LogP contribution in [0.3, 0.4) is 0 Å². The second-order valence-corrected chi connectivity index (χ2v) is 11.8. The summed E-state index contributed by atoms with van der Waals surface area (Å²) in [6.07, 6.45) is 1.24. The summed E-state index contributed by atoms with van der Waals surface area (Å²) in [5, 5.41) is 21.0. The average Bonchev–Trinajstić information content (AvgIpc) is 2.91. The van der Waals surface area contributed by atoms with Crippen LogP contribution in [0.15, 0.2) is 48.5 Å². The van der Waals surface area contributed by atoms with Crippen molar-refractivity contribution in [2.45, 2.75) is 56.2 Å². The number of nitrogens with zero attached hydrogens (tertiary/aromatic N) is 2. The van der Waals surface area contributed by atoms with Gasteiger partial charge in [-0.1, -0.05) is 30.3 Å². The van der Waals surface area contributed by atoms with Crippen LogP contribution >= 0.6 is 0 Å². The molecule has 2 aromatic rings. The summed E-state index contributed by atoms with van der Waals surface area (Å²) in [4.78, 5) is 29.7. The number of hydrogen-bond acceptors (Lipinski definition) is 7. The predicted octanol–water partition coefficient (Wildman–Crippen LogP) is 0.645. The molecule has 40 heavy (non-hydrogen) atoms. The van der Waals surface area contributed by atoms with E-state index in [1.54, 1.807) is 49.6 Å².